The predicted octanol–water partition coefficient (Wildman–Crippen LogP) is 5.59. The third-order valence-corrected chi connectivity index (χ3v) is 9.37. The lowest BCUT2D eigenvalue weighted by atomic mass is 9.83. The molecule has 2 aromatic rings. The molecular formula is C34H45FN4O4. The van der Waals surface area contributed by atoms with Gasteiger partial charge in [0.1, 0.15) is 17.7 Å². The van der Waals surface area contributed by atoms with Gasteiger partial charge in [0, 0.05) is 55.0 Å². The summed E-state index contributed by atoms with van der Waals surface area (Å²) in [6.45, 7) is 8.83. The zero-order valence-electron chi connectivity index (χ0n) is 25.7. The van der Waals surface area contributed by atoms with E-state index in [4.69, 9.17) is 4.74 Å². The summed E-state index contributed by atoms with van der Waals surface area (Å²) >= 11 is 0. The largest absolute Gasteiger partial charge is 0.489 e. The summed E-state index contributed by atoms with van der Waals surface area (Å²) < 4.78 is 20.9. The highest BCUT2D eigenvalue weighted by molar-refractivity contribution is 5.99. The Balaban J connectivity index is 1.24. The molecular weight excluding hydrogens is 547 g/mol. The maximum Gasteiger partial charge on any atom is 0.254 e. The molecule has 0 spiro atoms. The maximum atomic E-state index is 14.5. The minimum atomic E-state index is -0.614. The molecule has 8 nitrogen and oxygen atoms in total. The molecule has 1 atom stereocenters. The van der Waals surface area contributed by atoms with E-state index in [1.165, 1.54) is 37.5 Å². The summed E-state index contributed by atoms with van der Waals surface area (Å²) in [5, 5.41) is 6.11. The average Bonchev–Trinajstić information content (AvgIpc) is 3.54. The van der Waals surface area contributed by atoms with Crippen LogP contribution in [0, 0.1) is 11.2 Å². The van der Waals surface area contributed by atoms with Crippen LogP contribution in [0.25, 0.3) is 0 Å². The van der Waals surface area contributed by atoms with Crippen molar-refractivity contribution in [3.8, 4) is 5.75 Å². The van der Waals surface area contributed by atoms with E-state index in [0.717, 1.165) is 43.7 Å². The molecule has 0 unspecified atom stereocenters. The summed E-state index contributed by atoms with van der Waals surface area (Å²) in [7, 11) is 0. The van der Waals surface area contributed by atoms with Crippen LogP contribution in [0.1, 0.15) is 97.9 Å². The van der Waals surface area contributed by atoms with Gasteiger partial charge in [0.15, 0.2) is 0 Å². The molecule has 1 aliphatic carbocycles. The van der Waals surface area contributed by atoms with Crippen molar-refractivity contribution < 1.29 is 23.5 Å². The standard InChI is InChI=1S/C34H45FN4O4/c1-4-34(2,3)33(42)37-27-19-25(18-26(35)21-27)32(41)39-16-14-38(15-17-39)31(40)24-10-11-30(43-28-12-13-36-22-28)29(20-24)23-8-6-5-7-9-23/h10-11,18-21,23,28,36H,4-9,12-17,22H2,1-3H3,(H,37,42)/t28-/m0/s1. The Bertz CT molecular complexity index is 1330. The van der Waals surface area contributed by atoms with Crippen molar-refractivity contribution in [2.75, 3.05) is 44.6 Å². The SMILES string of the molecule is CCC(C)(C)C(=O)Nc1cc(F)cc(C(=O)N2CCN(C(=O)c3ccc(O[C@H]4CCNC4)c(C4CCCCC4)c3)CC2)c1. The number of benzene rings is 2. The zero-order chi connectivity index (χ0) is 30.6. The third kappa shape index (κ3) is 7.37. The number of rotatable bonds is 8. The topological polar surface area (TPSA) is 91.0 Å². The molecule has 2 aromatic carbocycles. The minimum Gasteiger partial charge on any atom is -0.489 e. The smallest absolute Gasteiger partial charge is 0.254 e. The summed E-state index contributed by atoms with van der Waals surface area (Å²) in [6, 6.07) is 9.81. The Kier molecular flexibility index (Phi) is 9.69. The first-order valence-corrected chi connectivity index (χ1v) is 15.9. The molecule has 3 aliphatic rings. The Morgan fingerprint density at radius 2 is 1.60 bits per heavy atom. The molecule has 0 bridgehead atoms. The monoisotopic (exact) mass is 592 g/mol. The second-order valence-electron chi connectivity index (χ2n) is 12.8. The number of ether oxygens (including phenoxy) is 1. The summed E-state index contributed by atoms with van der Waals surface area (Å²) in [5.74, 6) is 0.111. The van der Waals surface area contributed by atoms with Crippen LogP contribution in [0.5, 0.6) is 5.75 Å². The number of halogens is 1. The fourth-order valence-electron chi connectivity index (χ4n) is 6.15. The van der Waals surface area contributed by atoms with Crippen molar-refractivity contribution in [2.24, 2.45) is 5.41 Å². The van der Waals surface area contributed by atoms with E-state index in [9.17, 15) is 18.8 Å². The van der Waals surface area contributed by atoms with E-state index in [2.05, 4.69) is 10.6 Å². The molecule has 0 aromatic heterocycles. The molecule has 0 radical (unpaired) electrons. The Morgan fingerprint density at radius 1 is 0.930 bits per heavy atom. The molecule has 3 fully saturated rings. The Morgan fingerprint density at radius 3 is 2.23 bits per heavy atom. The molecule has 3 amide bonds. The highest BCUT2D eigenvalue weighted by Crippen LogP contribution is 2.39. The highest BCUT2D eigenvalue weighted by Gasteiger charge is 2.29. The van der Waals surface area contributed by atoms with Crippen molar-refractivity contribution in [3.63, 3.8) is 0 Å². The number of hydrogen-bond donors (Lipinski definition) is 2. The summed E-state index contributed by atoms with van der Waals surface area (Å²) in [4.78, 5) is 43.0. The Labute approximate surface area is 254 Å². The first-order chi connectivity index (χ1) is 20.6. The minimum absolute atomic E-state index is 0.0486. The fourth-order valence-corrected chi connectivity index (χ4v) is 6.15. The van der Waals surface area contributed by atoms with Crippen molar-refractivity contribution in [1.82, 2.24) is 15.1 Å². The Hall–Kier alpha value is -3.46. The molecule has 5 rings (SSSR count). The number of anilines is 1. The van der Waals surface area contributed by atoms with E-state index < -0.39 is 11.2 Å². The molecule has 2 heterocycles. The maximum absolute atomic E-state index is 14.5. The van der Waals surface area contributed by atoms with Crippen LogP contribution in [0.2, 0.25) is 0 Å². The second kappa shape index (κ2) is 13.5. The molecule has 2 saturated heterocycles. The van der Waals surface area contributed by atoms with Gasteiger partial charge in [0.05, 0.1) is 0 Å². The van der Waals surface area contributed by atoms with Gasteiger partial charge in [-0.25, -0.2) is 4.39 Å². The van der Waals surface area contributed by atoms with Crippen molar-refractivity contribution >= 4 is 23.4 Å². The molecule has 9 heteroatoms. The van der Waals surface area contributed by atoms with Crippen LogP contribution in [0.3, 0.4) is 0 Å². The number of nitrogens with one attached hydrogen (secondary N) is 2. The first kappa shape index (κ1) is 31.0. The lowest BCUT2D eigenvalue weighted by Crippen LogP contribution is -2.50. The van der Waals surface area contributed by atoms with Crippen molar-refractivity contribution in [1.29, 1.82) is 0 Å². The van der Waals surface area contributed by atoms with E-state index in [0.29, 0.717) is 44.1 Å². The van der Waals surface area contributed by atoms with Crippen LogP contribution in [-0.4, -0.2) is 72.9 Å². The number of carbonyl (C=O) groups excluding carboxylic acids is 3. The van der Waals surface area contributed by atoms with Gasteiger partial charge < -0.3 is 25.2 Å². The fraction of sp³-hybridized carbons (Fsp3) is 0.559. The van der Waals surface area contributed by atoms with Gasteiger partial charge in [-0.1, -0.05) is 40.0 Å². The van der Waals surface area contributed by atoms with E-state index in [1.807, 2.05) is 39.0 Å². The number of carbonyl (C=O) groups is 3. The van der Waals surface area contributed by atoms with Gasteiger partial charge in [0.2, 0.25) is 5.91 Å². The van der Waals surface area contributed by atoms with Gasteiger partial charge >= 0.3 is 0 Å². The van der Waals surface area contributed by atoms with Crippen molar-refractivity contribution in [3.05, 3.63) is 58.9 Å². The lowest BCUT2D eigenvalue weighted by molar-refractivity contribution is -0.124. The van der Waals surface area contributed by atoms with Crippen LogP contribution in [-0.2, 0) is 4.79 Å². The molecule has 232 valence electrons. The average molecular weight is 593 g/mol. The normalized spacial score (nSPS) is 19.8. The second-order valence-corrected chi connectivity index (χ2v) is 12.8. The van der Waals surface area contributed by atoms with Crippen LogP contribution in [0.15, 0.2) is 36.4 Å². The van der Waals surface area contributed by atoms with Crippen LogP contribution >= 0.6 is 0 Å². The summed E-state index contributed by atoms with van der Waals surface area (Å²) in [5.41, 5.74) is 1.61. The van der Waals surface area contributed by atoms with E-state index in [-0.39, 0.29) is 35.1 Å². The molecule has 43 heavy (non-hydrogen) atoms. The number of nitrogens with zero attached hydrogens (tertiary/aromatic N) is 2. The molecule has 2 aliphatic heterocycles. The summed E-state index contributed by atoms with van der Waals surface area (Å²) in [6.07, 6.45) is 7.63. The highest BCUT2D eigenvalue weighted by atomic mass is 19.1. The quantitative estimate of drug-likeness (QED) is 0.417. The van der Waals surface area contributed by atoms with E-state index >= 15 is 0 Å². The van der Waals surface area contributed by atoms with Crippen molar-refractivity contribution in [2.45, 2.75) is 77.7 Å². The van der Waals surface area contributed by atoms with Gasteiger partial charge in [-0.3, -0.25) is 14.4 Å². The first-order valence-electron chi connectivity index (χ1n) is 15.9. The molecule has 2 N–H and O–H groups in total. The number of amides is 3. The van der Waals surface area contributed by atoms with Crippen LogP contribution in [0.4, 0.5) is 10.1 Å². The van der Waals surface area contributed by atoms with Crippen LogP contribution < -0.4 is 15.4 Å². The lowest BCUT2D eigenvalue weighted by Gasteiger charge is -2.35. The number of hydrogen-bond acceptors (Lipinski definition) is 5. The van der Waals surface area contributed by atoms with Gasteiger partial charge in [-0.2, -0.15) is 0 Å². The number of piperazine rings is 1. The van der Waals surface area contributed by atoms with Gasteiger partial charge in [-0.05, 0) is 80.1 Å². The van der Waals surface area contributed by atoms with Gasteiger partial charge in [-0.15, -0.1) is 0 Å². The van der Waals surface area contributed by atoms with Gasteiger partial charge in [0.25, 0.3) is 11.8 Å². The third-order valence-electron chi connectivity index (χ3n) is 9.37. The zero-order valence-corrected chi connectivity index (χ0v) is 25.7. The predicted molar refractivity (Wildman–Crippen MR) is 165 cm³/mol. The molecule has 1 saturated carbocycles. The van der Waals surface area contributed by atoms with E-state index in [1.54, 1.807) is 9.80 Å².